The minimum atomic E-state index is -1.02. The van der Waals surface area contributed by atoms with Crippen LogP contribution in [0, 0.1) is 6.92 Å². The molecule has 0 saturated carbocycles. The molecule has 1 atom stereocenters. The molecule has 0 aliphatic carbocycles. The first-order valence-electron chi connectivity index (χ1n) is 7.61. The number of aryl methyl sites for hydroxylation is 2. The fourth-order valence-electron chi connectivity index (χ4n) is 2.30. The van der Waals surface area contributed by atoms with E-state index in [0.717, 1.165) is 12.0 Å². The number of hydrogen-bond acceptors (Lipinski definition) is 3. The molecule has 0 bridgehead atoms. The molecule has 6 nitrogen and oxygen atoms in total. The molecule has 122 valence electrons. The second-order valence-electron chi connectivity index (χ2n) is 5.49. The summed E-state index contributed by atoms with van der Waals surface area (Å²) in [6.45, 7) is 4.40. The molecule has 2 N–H and O–H groups in total. The standard InChI is InChI=1S/C17H21N3O3/c1-3-15(13-6-4-12(2)5-7-13)19-16(21)8-9-20-11-14(10-18-20)17(22)23/h4-7,10-11,15H,3,8-9H2,1-2H3,(H,19,21)(H,22,23). The number of aromatic nitrogens is 2. The molecule has 0 spiro atoms. The van der Waals surface area contributed by atoms with Gasteiger partial charge in [-0.1, -0.05) is 36.8 Å². The molecule has 0 radical (unpaired) electrons. The summed E-state index contributed by atoms with van der Waals surface area (Å²) in [5.41, 5.74) is 2.39. The average Bonchev–Trinajstić information content (AvgIpc) is 3.01. The van der Waals surface area contributed by atoms with E-state index < -0.39 is 5.97 Å². The third-order valence-corrected chi connectivity index (χ3v) is 3.67. The van der Waals surface area contributed by atoms with Gasteiger partial charge in [0.15, 0.2) is 0 Å². The van der Waals surface area contributed by atoms with Crippen LogP contribution < -0.4 is 5.32 Å². The van der Waals surface area contributed by atoms with E-state index in [1.165, 1.54) is 22.6 Å². The van der Waals surface area contributed by atoms with E-state index in [9.17, 15) is 9.59 Å². The van der Waals surface area contributed by atoms with Gasteiger partial charge in [-0.15, -0.1) is 0 Å². The van der Waals surface area contributed by atoms with Crippen LogP contribution in [-0.2, 0) is 11.3 Å². The Morgan fingerprint density at radius 3 is 2.57 bits per heavy atom. The zero-order chi connectivity index (χ0) is 16.8. The first kappa shape index (κ1) is 16.7. The van der Waals surface area contributed by atoms with Gasteiger partial charge in [-0.25, -0.2) is 4.79 Å². The van der Waals surface area contributed by atoms with Gasteiger partial charge in [0.05, 0.1) is 17.8 Å². The van der Waals surface area contributed by atoms with E-state index in [1.54, 1.807) is 0 Å². The van der Waals surface area contributed by atoms with Crippen LogP contribution in [0.25, 0.3) is 0 Å². The normalized spacial score (nSPS) is 11.9. The number of nitrogens with one attached hydrogen (secondary N) is 1. The van der Waals surface area contributed by atoms with Crippen LogP contribution in [0.3, 0.4) is 0 Å². The lowest BCUT2D eigenvalue weighted by atomic mass is 10.0. The zero-order valence-electron chi connectivity index (χ0n) is 13.3. The highest BCUT2D eigenvalue weighted by atomic mass is 16.4. The van der Waals surface area contributed by atoms with Gasteiger partial charge < -0.3 is 10.4 Å². The topological polar surface area (TPSA) is 84.2 Å². The average molecular weight is 315 g/mol. The second-order valence-corrected chi connectivity index (χ2v) is 5.49. The smallest absolute Gasteiger partial charge is 0.338 e. The maximum absolute atomic E-state index is 12.1. The Bertz CT molecular complexity index is 677. The Balaban J connectivity index is 1.89. The quantitative estimate of drug-likeness (QED) is 0.822. The van der Waals surface area contributed by atoms with E-state index >= 15 is 0 Å². The Hall–Kier alpha value is -2.63. The number of aromatic carboxylic acids is 1. The van der Waals surface area contributed by atoms with Crippen LogP contribution in [-0.4, -0.2) is 26.8 Å². The monoisotopic (exact) mass is 315 g/mol. The first-order valence-corrected chi connectivity index (χ1v) is 7.61. The molecule has 1 aromatic carbocycles. The predicted octanol–water partition coefficient (Wildman–Crippen LogP) is 2.55. The van der Waals surface area contributed by atoms with Crippen LogP contribution in [0.4, 0.5) is 0 Å². The molecule has 1 aromatic heterocycles. The molecule has 0 fully saturated rings. The van der Waals surface area contributed by atoms with Gasteiger partial charge in [-0.05, 0) is 18.9 Å². The van der Waals surface area contributed by atoms with Gasteiger partial charge >= 0.3 is 5.97 Å². The lowest BCUT2D eigenvalue weighted by molar-refractivity contribution is -0.122. The highest BCUT2D eigenvalue weighted by Crippen LogP contribution is 2.17. The predicted molar refractivity (Wildman–Crippen MR) is 86.2 cm³/mol. The summed E-state index contributed by atoms with van der Waals surface area (Å²) in [6, 6.07) is 8.09. The molecule has 0 aliphatic rings. The van der Waals surface area contributed by atoms with E-state index in [1.807, 2.05) is 38.1 Å². The Labute approximate surface area is 135 Å². The van der Waals surface area contributed by atoms with Gasteiger partial charge in [0, 0.05) is 19.2 Å². The number of rotatable bonds is 7. The summed E-state index contributed by atoms with van der Waals surface area (Å²) in [7, 11) is 0. The molecular formula is C17H21N3O3. The fourth-order valence-corrected chi connectivity index (χ4v) is 2.30. The lowest BCUT2D eigenvalue weighted by Crippen LogP contribution is -2.28. The van der Waals surface area contributed by atoms with Crippen molar-refractivity contribution in [2.45, 2.75) is 39.3 Å². The van der Waals surface area contributed by atoms with E-state index in [2.05, 4.69) is 10.4 Å². The molecule has 0 aliphatic heterocycles. The first-order chi connectivity index (χ1) is 11.0. The van der Waals surface area contributed by atoms with Crippen molar-refractivity contribution in [1.29, 1.82) is 0 Å². The maximum Gasteiger partial charge on any atom is 0.338 e. The molecular weight excluding hydrogens is 294 g/mol. The zero-order valence-corrected chi connectivity index (χ0v) is 13.3. The largest absolute Gasteiger partial charge is 0.478 e. The number of benzene rings is 1. The van der Waals surface area contributed by atoms with Crippen LogP contribution >= 0.6 is 0 Å². The SMILES string of the molecule is CCC(NC(=O)CCn1cc(C(=O)O)cn1)c1ccc(C)cc1. The molecule has 0 saturated heterocycles. The molecule has 1 amide bonds. The summed E-state index contributed by atoms with van der Waals surface area (Å²) < 4.78 is 1.47. The highest BCUT2D eigenvalue weighted by molar-refractivity contribution is 5.86. The molecule has 2 rings (SSSR count). The lowest BCUT2D eigenvalue weighted by Gasteiger charge is -2.17. The fraction of sp³-hybridized carbons (Fsp3) is 0.353. The van der Waals surface area contributed by atoms with Crippen molar-refractivity contribution < 1.29 is 14.7 Å². The highest BCUT2D eigenvalue weighted by Gasteiger charge is 2.13. The number of carboxylic acids is 1. The molecule has 23 heavy (non-hydrogen) atoms. The molecule has 6 heteroatoms. The number of hydrogen-bond donors (Lipinski definition) is 2. The van der Waals surface area contributed by atoms with E-state index in [4.69, 9.17) is 5.11 Å². The van der Waals surface area contributed by atoms with E-state index in [0.29, 0.717) is 6.54 Å². The van der Waals surface area contributed by atoms with Crippen molar-refractivity contribution in [2.75, 3.05) is 0 Å². The minimum absolute atomic E-state index is 0.0182. The van der Waals surface area contributed by atoms with Crippen molar-refractivity contribution in [3.63, 3.8) is 0 Å². The molecule has 1 heterocycles. The number of nitrogens with zero attached hydrogens (tertiary/aromatic N) is 2. The van der Waals surface area contributed by atoms with Crippen molar-refractivity contribution >= 4 is 11.9 Å². The Morgan fingerprint density at radius 1 is 1.30 bits per heavy atom. The van der Waals surface area contributed by atoms with Crippen LogP contribution in [0.2, 0.25) is 0 Å². The van der Waals surface area contributed by atoms with Crippen LogP contribution in [0.15, 0.2) is 36.7 Å². The van der Waals surface area contributed by atoms with Gasteiger partial charge in [-0.3, -0.25) is 9.48 Å². The van der Waals surface area contributed by atoms with E-state index in [-0.39, 0.29) is 23.9 Å². The third-order valence-electron chi connectivity index (χ3n) is 3.67. The maximum atomic E-state index is 12.1. The second kappa shape index (κ2) is 7.58. The van der Waals surface area contributed by atoms with Crippen molar-refractivity contribution in [2.24, 2.45) is 0 Å². The minimum Gasteiger partial charge on any atom is -0.478 e. The van der Waals surface area contributed by atoms with Crippen LogP contribution in [0.5, 0.6) is 0 Å². The number of carbonyl (C=O) groups excluding carboxylic acids is 1. The number of carbonyl (C=O) groups is 2. The Kier molecular flexibility index (Phi) is 5.51. The number of amides is 1. The van der Waals surface area contributed by atoms with Gasteiger partial charge in [0.25, 0.3) is 0 Å². The van der Waals surface area contributed by atoms with Gasteiger partial charge in [0.2, 0.25) is 5.91 Å². The van der Waals surface area contributed by atoms with Crippen LogP contribution in [0.1, 0.15) is 47.3 Å². The van der Waals surface area contributed by atoms with Gasteiger partial charge in [-0.2, -0.15) is 5.10 Å². The molecule has 1 unspecified atom stereocenters. The van der Waals surface area contributed by atoms with Crippen molar-refractivity contribution in [3.05, 3.63) is 53.3 Å². The summed E-state index contributed by atoms with van der Waals surface area (Å²) >= 11 is 0. The number of carboxylic acid groups (broad SMARTS) is 1. The van der Waals surface area contributed by atoms with Crippen molar-refractivity contribution in [3.8, 4) is 0 Å². The van der Waals surface area contributed by atoms with Gasteiger partial charge in [0.1, 0.15) is 0 Å². The summed E-state index contributed by atoms with van der Waals surface area (Å²) in [5.74, 6) is -1.10. The summed E-state index contributed by atoms with van der Waals surface area (Å²) in [4.78, 5) is 22.9. The molecule has 2 aromatic rings. The van der Waals surface area contributed by atoms with Crippen molar-refractivity contribution in [1.82, 2.24) is 15.1 Å². The Morgan fingerprint density at radius 2 is 2.00 bits per heavy atom. The third kappa shape index (κ3) is 4.67. The summed E-state index contributed by atoms with van der Waals surface area (Å²) in [6.07, 6.45) is 3.76. The summed E-state index contributed by atoms with van der Waals surface area (Å²) in [5, 5.41) is 15.8.